The highest BCUT2D eigenvalue weighted by atomic mass is 79.9. The number of thioether (sulfide) groups is 1. The molecule has 1 saturated heterocycles. The highest BCUT2D eigenvalue weighted by molar-refractivity contribution is 9.10. The van der Waals surface area contributed by atoms with Gasteiger partial charge in [-0.25, -0.2) is 0 Å². The summed E-state index contributed by atoms with van der Waals surface area (Å²) < 4.78 is 11.9. The summed E-state index contributed by atoms with van der Waals surface area (Å²) in [5, 5.41) is 0. The first-order valence-electron chi connectivity index (χ1n) is 5.61. The maximum absolute atomic E-state index is 12.0. The number of likely N-dealkylation sites (N-methyl/N-ethyl adjacent to an activating group) is 1. The normalized spacial score (nSPS) is 17.0. The van der Waals surface area contributed by atoms with Crippen LogP contribution in [0.2, 0.25) is 0 Å². The number of carbonyl (C=O) groups excluding carboxylic acids is 1. The van der Waals surface area contributed by atoms with Crippen molar-refractivity contribution < 1.29 is 14.3 Å². The fraction of sp³-hybridized carbons (Fsp3) is 0.231. The van der Waals surface area contributed by atoms with E-state index in [1.807, 2.05) is 12.1 Å². The number of rotatable bonds is 3. The van der Waals surface area contributed by atoms with Gasteiger partial charge in [-0.15, -0.1) is 0 Å². The summed E-state index contributed by atoms with van der Waals surface area (Å²) in [6, 6.07) is 3.68. The standard InChI is InChI=1S/C13H12BrNO3S2/c1-15-12(16)10(20-13(15)19)6-7-4-8(14)11(18-3)9(5-7)17-2/h4-6H,1-3H3/b10-6-. The summed E-state index contributed by atoms with van der Waals surface area (Å²) in [6.45, 7) is 0. The number of ether oxygens (including phenoxy) is 2. The van der Waals surface area contributed by atoms with Gasteiger partial charge in [0.1, 0.15) is 4.32 Å². The molecule has 0 atom stereocenters. The molecule has 0 aromatic heterocycles. The smallest absolute Gasteiger partial charge is 0.265 e. The topological polar surface area (TPSA) is 38.8 Å². The van der Waals surface area contributed by atoms with Gasteiger partial charge in [0, 0.05) is 7.05 Å². The van der Waals surface area contributed by atoms with Crippen LogP contribution in [-0.4, -0.2) is 36.4 Å². The lowest BCUT2D eigenvalue weighted by molar-refractivity contribution is -0.121. The van der Waals surface area contributed by atoms with Gasteiger partial charge in [0.25, 0.3) is 5.91 Å². The van der Waals surface area contributed by atoms with Crippen molar-refractivity contribution in [3.63, 3.8) is 0 Å². The molecular weight excluding hydrogens is 362 g/mol. The first-order chi connectivity index (χ1) is 9.47. The lowest BCUT2D eigenvalue weighted by atomic mass is 10.2. The van der Waals surface area contributed by atoms with E-state index in [9.17, 15) is 4.79 Å². The van der Waals surface area contributed by atoms with Crippen LogP contribution in [0.5, 0.6) is 11.5 Å². The maximum atomic E-state index is 12.0. The molecule has 1 aromatic carbocycles. The van der Waals surface area contributed by atoms with Crippen molar-refractivity contribution in [2.24, 2.45) is 0 Å². The first kappa shape index (κ1) is 15.3. The summed E-state index contributed by atoms with van der Waals surface area (Å²) in [6.07, 6.45) is 1.79. The molecule has 20 heavy (non-hydrogen) atoms. The molecule has 4 nitrogen and oxygen atoms in total. The third-order valence-electron chi connectivity index (χ3n) is 2.74. The van der Waals surface area contributed by atoms with E-state index < -0.39 is 0 Å². The van der Waals surface area contributed by atoms with Crippen LogP contribution < -0.4 is 9.47 Å². The molecule has 0 N–H and O–H groups in total. The molecule has 2 rings (SSSR count). The van der Waals surface area contributed by atoms with Crippen molar-refractivity contribution >= 4 is 56.2 Å². The van der Waals surface area contributed by atoms with E-state index in [1.165, 1.54) is 16.7 Å². The molecule has 1 amide bonds. The van der Waals surface area contributed by atoms with Gasteiger partial charge in [-0.3, -0.25) is 9.69 Å². The van der Waals surface area contributed by atoms with Crippen LogP contribution in [0.1, 0.15) is 5.56 Å². The third kappa shape index (κ3) is 2.84. The largest absolute Gasteiger partial charge is 0.493 e. The Morgan fingerprint density at radius 1 is 1.35 bits per heavy atom. The van der Waals surface area contributed by atoms with Crippen LogP contribution in [0, 0.1) is 0 Å². The highest BCUT2D eigenvalue weighted by Crippen LogP contribution is 2.38. The van der Waals surface area contributed by atoms with Crippen molar-refractivity contribution in [3.8, 4) is 11.5 Å². The van der Waals surface area contributed by atoms with Gasteiger partial charge >= 0.3 is 0 Å². The minimum Gasteiger partial charge on any atom is -0.493 e. The summed E-state index contributed by atoms with van der Waals surface area (Å²) in [4.78, 5) is 14.0. The number of methoxy groups -OCH3 is 2. The van der Waals surface area contributed by atoms with Gasteiger partial charge in [0.2, 0.25) is 0 Å². The Morgan fingerprint density at radius 3 is 2.55 bits per heavy atom. The first-order valence-corrected chi connectivity index (χ1v) is 7.62. The van der Waals surface area contributed by atoms with Gasteiger partial charge in [0.05, 0.1) is 23.6 Å². The monoisotopic (exact) mass is 373 g/mol. The molecule has 1 aliphatic heterocycles. The second-order valence-electron chi connectivity index (χ2n) is 3.98. The zero-order chi connectivity index (χ0) is 14.9. The predicted molar refractivity (Wildman–Crippen MR) is 88.2 cm³/mol. The van der Waals surface area contributed by atoms with Gasteiger partial charge in [-0.05, 0) is 39.7 Å². The molecule has 1 heterocycles. The molecule has 7 heteroatoms. The number of thiocarbonyl (C=S) groups is 1. The van der Waals surface area contributed by atoms with Gasteiger partial charge in [-0.1, -0.05) is 24.0 Å². The Kier molecular flexibility index (Phi) is 4.72. The lowest BCUT2D eigenvalue weighted by Crippen LogP contribution is -2.22. The van der Waals surface area contributed by atoms with Crippen LogP contribution in [0.25, 0.3) is 6.08 Å². The zero-order valence-electron chi connectivity index (χ0n) is 11.1. The Balaban J connectivity index is 2.42. The Hall–Kier alpha value is -1.05. The zero-order valence-corrected chi connectivity index (χ0v) is 14.3. The van der Waals surface area contributed by atoms with Crippen molar-refractivity contribution in [1.82, 2.24) is 4.90 Å². The highest BCUT2D eigenvalue weighted by Gasteiger charge is 2.28. The van der Waals surface area contributed by atoms with E-state index in [1.54, 1.807) is 27.3 Å². The number of nitrogens with zero attached hydrogens (tertiary/aromatic N) is 1. The third-order valence-corrected chi connectivity index (χ3v) is 4.81. The summed E-state index contributed by atoms with van der Waals surface area (Å²) in [5.74, 6) is 1.12. The van der Waals surface area contributed by atoms with E-state index in [0.717, 1.165) is 10.0 Å². The van der Waals surface area contributed by atoms with E-state index in [4.69, 9.17) is 21.7 Å². The molecule has 0 spiro atoms. The van der Waals surface area contributed by atoms with E-state index >= 15 is 0 Å². The number of halogens is 1. The van der Waals surface area contributed by atoms with Crippen molar-refractivity contribution in [2.45, 2.75) is 0 Å². The fourth-order valence-electron chi connectivity index (χ4n) is 1.72. The molecule has 0 radical (unpaired) electrons. The molecule has 0 bridgehead atoms. The van der Waals surface area contributed by atoms with Crippen LogP contribution >= 0.6 is 39.9 Å². The van der Waals surface area contributed by atoms with Crippen molar-refractivity contribution in [1.29, 1.82) is 0 Å². The second-order valence-corrected chi connectivity index (χ2v) is 6.51. The average molecular weight is 374 g/mol. The van der Waals surface area contributed by atoms with Crippen LogP contribution in [0.3, 0.4) is 0 Å². The maximum Gasteiger partial charge on any atom is 0.265 e. The number of benzene rings is 1. The molecule has 0 aliphatic carbocycles. The fourth-order valence-corrected chi connectivity index (χ4v) is 3.52. The lowest BCUT2D eigenvalue weighted by Gasteiger charge is -2.10. The van der Waals surface area contributed by atoms with Gasteiger partial charge < -0.3 is 9.47 Å². The van der Waals surface area contributed by atoms with E-state index in [2.05, 4.69) is 15.9 Å². The van der Waals surface area contributed by atoms with Crippen LogP contribution in [0.4, 0.5) is 0 Å². The molecular formula is C13H12BrNO3S2. The van der Waals surface area contributed by atoms with Gasteiger partial charge in [0.15, 0.2) is 11.5 Å². The van der Waals surface area contributed by atoms with E-state index in [0.29, 0.717) is 20.7 Å². The van der Waals surface area contributed by atoms with E-state index in [-0.39, 0.29) is 5.91 Å². The molecule has 1 aliphatic rings. The molecule has 1 aromatic rings. The second kappa shape index (κ2) is 6.15. The Labute approximate surface area is 135 Å². The number of hydrogen-bond acceptors (Lipinski definition) is 5. The average Bonchev–Trinajstić information content (AvgIpc) is 2.65. The number of amides is 1. The van der Waals surface area contributed by atoms with Crippen LogP contribution in [0.15, 0.2) is 21.5 Å². The molecule has 1 fully saturated rings. The SMILES string of the molecule is COc1cc(/C=C2\SC(=S)N(C)C2=O)cc(Br)c1OC. The molecule has 0 unspecified atom stereocenters. The van der Waals surface area contributed by atoms with Crippen LogP contribution in [-0.2, 0) is 4.79 Å². The Bertz CT molecular complexity index is 616. The van der Waals surface area contributed by atoms with Gasteiger partial charge in [-0.2, -0.15) is 0 Å². The quantitative estimate of drug-likeness (QED) is 0.600. The summed E-state index contributed by atoms with van der Waals surface area (Å²) >= 11 is 9.81. The summed E-state index contributed by atoms with van der Waals surface area (Å²) in [7, 11) is 4.81. The van der Waals surface area contributed by atoms with Crippen molar-refractivity contribution in [3.05, 3.63) is 27.1 Å². The minimum absolute atomic E-state index is 0.0918. The summed E-state index contributed by atoms with van der Waals surface area (Å²) in [5.41, 5.74) is 0.837. The molecule has 106 valence electrons. The predicted octanol–water partition coefficient (Wildman–Crippen LogP) is 3.30. The molecule has 0 saturated carbocycles. The number of hydrogen-bond donors (Lipinski definition) is 0. The Morgan fingerprint density at radius 2 is 2.05 bits per heavy atom. The van der Waals surface area contributed by atoms with Crippen molar-refractivity contribution in [2.75, 3.05) is 21.3 Å². The number of carbonyl (C=O) groups is 1. The minimum atomic E-state index is -0.0918.